The molecule has 0 radical (unpaired) electrons. The first kappa shape index (κ1) is 17.4. The van der Waals surface area contributed by atoms with Gasteiger partial charge >= 0.3 is 5.97 Å². The van der Waals surface area contributed by atoms with Crippen LogP contribution in [-0.2, 0) is 16.0 Å². The molecule has 2 N–H and O–H groups in total. The molecule has 0 bridgehead atoms. The third kappa shape index (κ3) is 4.54. The smallest absolute Gasteiger partial charge is 0.330 e. The molecule has 0 aliphatic heterocycles. The first-order valence-corrected chi connectivity index (χ1v) is 7.40. The standard InChI is InChI=1S/C19H18O5/c1-2-18(22)24-12-15(20)10-13-8-9-16(17(21)11-13)19(23)14-6-4-3-5-7-14/h2-9,11,15,20-21H,1,10,12H2. The zero-order valence-electron chi connectivity index (χ0n) is 13.0. The minimum Gasteiger partial charge on any atom is -0.507 e. The Labute approximate surface area is 139 Å². The lowest BCUT2D eigenvalue weighted by Crippen LogP contribution is -2.20. The number of aliphatic hydroxyl groups excluding tert-OH is 1. The van der Waals surface area contributed by atoms with Crippen LogP contribution < -0.4 is 0 Å². The summed E-state index contributed by atoms with van der Waals surface area (Å²) in [5.41, 5.74) is 1.30. The lowest BCUT2D eigenvalue weighted by molar-refractivity contribution is -0.140. The van der Waals surface area contributed by atoms with E-state index in [1.165, 1.54) is 12.1 Å². The number of benzene rings is 2. The molecule has 5 nitrogen and oxygen atoms in total. The molecular weight excluding hydrogens is 308 g/mol. The van der Waals surface area contributed by atoms with E-state index >= 15 is 0 Å². The van der Waals surface area contributed by atoms with Crippen molar-refractivity contribution in [3.05, 3.63) is 77.9 Å². The molecule has 0 aromatic heterocycles. The van der Waals surface area contributed by atoms with E-state index in [0.29, 0.717) is 11.1 Å². The highest BCUT2D eigenvalue weighted by atomic mass is 16.5. The molecule has 124 valence electrons. The second kappa shape index (κ2) is 8.08. The minimum atomic E-state index is -0.913. The molecule has 0 saturated heterocycles. The highest BCUT2D eigenvalue weighted by Crippen LogP contribution is 2.23. The van der Waals surface area contributed by atoms with Gasteiger partial charge in [-0.2, -0.15) is 0 Å². The molecule has 0 aliphatic carbocycles. The van der Waals surface area contributed by atoms with Gasteiger partial charge in [0.15, 0.2) is 5.78 Å². The van der Waals surface area contributed by atoms with Crippen molar-refractivity contribution in [3.63, 3.8) is 0 Å². The van der Waals surface area contributed by atoms with Crippen LogP contribution in [-0.4, -0.2) is 34.7 Å². The normalized spacial score (nSPS) is 11.5. The summed E-state index contributed by atoms with van der Waals surface area (Å²) in [4.78, 5) is 23.3. The second-order valence-corrected chi connectivity index (χ2v) is 5.24. The summed E-state index contributed by atoms with van der Waals surface area (Å²) in [6.45, 7) is 3.09. The number of hydrogen-bond acceptors (Lipinski definition) is 5. The van der Waals surface area contributed by atoms with Crippen molar-refractivity contribution in [2.24, 2.45) is 0 Å². The fourth-order valence-corrected chi connectivity index (χ4v) is 2.21. The number of rotatable bonds is 7. The quantitative estimate of drug-likeness (QED) is 0.463. The molecular formula is C19H18O5. The first-order valence-electron chi connectivity index (χ1n) is 7.40. The number of phenols is 1. The Kier molecular flexibility index (Phi) is 5.87. The van der Waals surface area contributed by atoms with Gasteiger partial charge in [-0.05, 0) is 17.7 Å². The third-order valence-electron chi connectivity index (χ3n) is 3.40. The van der Waals surface area contributed by atoms with Crippen LogP contribution in [0.3, 0.4) is 0 Å². The summed E-state index contributed by atoms with van der Waals surface area (Å²) in [7, 11) is 0. The number of ketones is 1. The number of esters is 1. The molecule has 0 heterocycles. The van der Waals surface area contributed by atoms with Gasteiger partial charge in [0, 0.05) is 18.1 Å². The van der Waals surface area contributed by atoms with Gasteiger partial charge in [-0.15, -0.1) is 0 Å². The van der Waals surface area contributed by atoms with Crippen molar-refractivity contribution in [1.29, 1.82) is 0 Å². The van der Waals surface area contributed by atoms with E-state index in [4.69, 9.17) is 4.74 Å². The van der Waals surface area contributed by atoms with Crippen LogP contribution >= 0.6 is 0 Å². The first-order chi connectivity index (χ1) is 11.5. The van der Waals surface area contributed by atoms with E-state index in [1.54, 1.807) is 36.4 Å². The molecule has 2 aromatic rings. The van der Waals surface area contributed by atoms with Gasteiger partial charge in [0.1, 0.15) is 12.4 Å². The van der Waals surface area contributed by atoms with Crippen LogP contribution in [0.25, 0.3) is 0 Å². The molecule has 2 aromatic carbocycles. The SMILES string of the molecule is C=CC(=O)OCC(O)Cc1ccc(C(=O)c2ccccc2)c(O)c1. The minimum absolute atomic E-state index is 0.156. The highest BCUT2D eigenvalue weighted by Gasteiger charge is 2.15. The largest absolute Gasteiger partial charge is 0.507 e. The average Bonchev–Trinajstić information content (AvgIpc) is 2.60. The molecule has 0 fully saturated rings. The van der Waals surface area contributed by atoms with E-state index in [0.717, 1.165) is 6.08 Å². The van der Waals surface area contributed by atoms with Gasteiger partial charge in [0.05, 0.1) is 11.7 Å². The maximum atomic E-state index is 12.3. The average molecular weight is 326 g/mol. The summed E-state index contributed by atoms with van der Waals surface area (Å²) >= 11 is 0. The Bertz CT molecular complexity index is 737. The highest BCUT2D eigenvalue weighted by molar-refractivity contribution is 6.10. The lowest BCUT2D eigenvalue weighted by atomic mass is 9.99. The Morgan fingerprint density at radius 3 is 2.50 bits per heavy atom. The van der Waals surface area contributed by atoms with Gasteiger partial charge in [-0.25, -0.2) is 4.79 Å². The van der Waals surface area contributed by atoms with E-state index in [2.05, 4.69) is 6.58 Å². The predicted molar refractivity (Wildman–Crippen MR) is 88.8 cm³/mol. The molecule has 1 unspecified atom stereocenters. The number of carbonyl (C=O) groups is 2. The number of phenolic OH excluding ortho intramolecular Hbond substituents is 1. The van der Waals surface area contributed by atoms with Gasteiger partial charge < -0.3 is 14.9 Å². The molecule has 5 heteroatoms. The van der Waals surface area contributed by atoms with Gasteiger partial charge in [0.25, 0.3) is 0 Å². The molecule has 0 saturated carbocycles. The van der Waals surface area contributed by atoms with Crippen LogP contribution in [0.15, 0.2) is 61.2 Å². The Morgan fingerprint density at radius 1 is 1.17 bits per heavy atom. The maximum absolute atomic E-state index is 12.3. The van der Waals surface area contributed by atoms with Crippen LogP contribution in [0, 0.1) is 0 Å². The lowest BCUT2D eigenvalue weighted by Gasteiger charge is -2.12. The van der Waals surface area contributed by atoms with Crippen LogP contribution in [0.4, 0.5) is 0 Å². The van der Waals surface area contributed by atoms with Crippen molar-refractivity contribution in [2.75, 3.05) is 6.61 Å². The van der Waals surface area contributed by atoms with Gasteiger partial charge in [0.2, 0.25) is 0 Å². The monoisotopic (exact) mass is 326 g/mol. The Hall–Kier alpha value is -2.92. The van der Waals surface area contributed by atoms with Crippen molar-refractivity contribution in [1.82, 2.24) is 0 Å². The van der Waals surface area contributed by atoms with Crippen molar-refractivity contribution in [3.8, 4) is 5.75 Å². The van der Waals surface area contributed by atoms with Crippen molar-refractivity contribution < 1.29 is 24.5 Å². The summed E-state index contributed by atoms with van der Waals surface area (Å²) in [5, 5.41) is 19.9. The van der Waals surface area contributed by atoms with Crippen molar-refractivity contribution in [2.45, 2.75) is 12.5 Å². The van der Waals surface area contributed by atoms with Crippen molar-refractivity contribution >= 4 is 11.8 Å². The van der Waals surface area contributed by atoms with E-state index in [1.807, 2.05) is 0 Å². The zero-order chi connectivity index (χ0) is 17.5. The Morgan fingerprint density at radius 2 is 1.88 bits per heavy atom. The van der Waals surface area contributed by atoms with Crippen LogP contribution in [0.5, 0.6) is 5.75 Å². The van der Waals surface area contributed by atoms with E-state index < -0.39 is 12.1 Å². The van der Waals surface area contributed by atoms with Crippen LogP contribution in [0.2, 0.25) is 0 Å². The fraction of sp³-hybridized carbons (Fsp3) is 0.158. The maximum Gasteiger partial charge on any atom is 0.330 e. The summed E-state index contributed by atoms with van der Waals surface area (Å²) in [5.74, 6) is -1.04. The Balaban J connectivity index is 2.05. The second-order valence-electron chi connectivity index (χ2n) is 5.24. The molecule has 1 atom stereocenters. The summed E-state index contributed by atoms with van der Waals surface area (Å²) in [6.07, 6.45) is 0.282. The summed E-state index contributed by atoms with van der Waals surface area (Å²) < 4.78 is 4.75. The number of aliphatic hydroxyl groups is 1. The number of ether oxygens (including phenoxy) is 1. The van der Waals surface area contributed by atoms with Gasteiger partial charge in [-0.1, -0.05) is 43.0 Å². The summed E-state index contributed by atoms with van der Waals surface area (Å²) in [6, 6.07) is 13.2. The van der Waals surface area contributed by atoms with Gasteiger partial charge in [-0.3, -0.25) is 4.79 Å². The number of hydrogen-bond donors (Lipinski definition) is 2. The number of aromatic hydroxyl groups is 1. The molecule has 2 rings (SSSR count). The third-order valence-corrected chi connectivity index (χ3v) is 3.40. The number of carbonyl (C=O) groups excluding carboxylic acids is 2. The molecule has 0 aliphatic rings. The van der Waals surface area contributed by atoms with E-state index in [-0.39, 0.29) is 30.1 Å². The zero-order valence-corrected chi connectivity index (χ0v) is 13.0. The predicted octanol–water partition coefficient (Wildman–Crippen LogP) is 2.26. The van der Waals surface area contributed by atoms with Crippen LogP contribution in [0.1, 0.15) is 21.5 Å². The topological polar surface area (TPSA) is 83.8 Å². The molecule has 24 heavy (non-hydrogen) atoms. The van der Waals surface area contributed by atoms with E-state index in [9.17, 15) is 19.8 Å². The fourth-order valence-electron chi connectivity index (χ4n) is 2.21. The molecule has 0 amide bonds. The molecule has 0 spiro atoms.